The number of nitrogens with zero attached hydrogens (tertiary/aromatic N) is 1. The van der Waals surface area contributed by atoms with E-state index in [1.165, 1.54) is 0 Å². The monoisotopic (exact) mass is 344 g/mol. The Bertz CT molecular complexity index is 920. The molecule has 0 aliphatic rings. The number of carbonyl (C=O) groups is 2. The normalized spacial score (nSPS) is 10.7. The molecule has 2 aromatic carbocycles. The molecule has 0 saturated carbocycles. The van der Waals surface area contributed by atoms with Gasteiger partial charge in [-0.1, -0.05) is 17.7 Å². The van der Waals surface area contributed by atoms with Gasteiger partial charge in [-0.05, 0) is 36.4 Å². The van der Waals surface area contributed by atoms with E-state index in [-0.39, 0.29) is 18.7 Å². The van der Waals surface area contributed by atoms with Crippen molar-refractivity contribution in [2.45, 2.75) is 12.8 Å². The minimum atomic E-state index is -1.01. The lowest BCUT2D eigenvalue weighted by Crippen LogP contribution is -2.13. The molecule has 7 heteroatoms. The maximum absolute atomic E-state index is 11.7. The minimum Gasteiger partial charge on any atom is -0.481 e. The van der Waals surface area contributed by atoms with Crippen LogP contribution in [-0.4, -0.2) is 22.0 Å². The SMILES string of the molecule is O=C(O)CCC(=O)Nc1ccc2oc(-c3cccc(Cl)c3)nc2c1. The summed E-state index contributed by atoms with van der Waals surface area (Å²) in [7, 11) is 0. The average Bonchev–Trinajstić information content (AvgIpc) is 2.96. The van der Waals surface area contributed by atoms with Crippen LogP contribution in [0.3, 0.4) is 0 Å². The number of aliphatic carboxylic acids is 1. The van der Waals surface area contributed by atoms with E-state index in [2.05, 4.69) is 10.3 Å². The average molecular weight is 345 g/mol. The van der Waals surface area contributed by atoms with Crippen LogP contribution in [0.15, 0.2) is 46.9 Å². The van der Waals surface area contributed by atoms with Crippen molar-refractivity contribution in [2.75, 3.05) is 5.32 Å². The first kappa shape index (κ1) is 16.0. The predicted octanol–water partition coefficient (Wildman–Crippen LogP) is 3.95. The number of carboxylic acids is 1. The van der Waals surface area contributed by atoms with Gasteiger partial charge >= 0.3 is 5.97 Å². The van der Waals surface area contributed by atoms with E-state index in [1.54, 1.807) is 36.4 Å². The molecule has 0 fully saturated rings. The van der Waals surface area contributed by atoms with Gasteiger partial charge in [0.25, 0.3) is 0 Å². The van der Waals surface area contributed by atoms with E-state index in [0.717, 1.165) is 5.56 Å². The Kier molecular flexibility index (Phi) is 4.48. The molecule has 0 spiro atoms. The van der Waals surface area contributed by atoms with Crippen molar-refractivity contribution in [3.05, 3.63) is 47.5 Å². The number of aromatic nitrogens is 1. The molecule has 0 bridgehead atoms. The van der Waals surface area contributed by atoms with E-state index < -0.39 is 5.97 Å². The van der Waals surface area contributed by atoms with Crippen molar-refractivity contribution < 1.29 is 19.1 Å². The fourth-order valence-electron chi connectivity index (χ4n) is 2.19. The number of anilines is 1. The van der Waals surface area contributed by atoms with Gasteiger partial charge in [-0.3, -0.25) is 9.59 Å². The molecule has 0 aliphatic heterocycles. The van der Waals surface area contributed by atoms with Gasteiger partial charge in [-0.25, -0.2) is 4.98 Å². The number of benzene rings is 2. The topological polar surface area (TPSA) is 92.4 Å². The highest BCUT2D eigenvalue weighted by molar-refractivity contribution is 6.30. The molecule has 2 N–H and O–H groups in total. The summed E-state index contributed by atoms with van der Waals surface area (Å²) in [5.41, 5.74) is 2.45. The van der Waals surface area contributed by atoms with Crippen LogP contribution in [0.4, 0.5) is 5.69 Å². The first-order valence-corrected chi connectivity index (χ1v) is 7.57. The van der Waals surface area contributed by atoms with Crippen LogP contribution in [0.25, 0.3) is 22.6 Å². The summed E-state index contributed by atoms with van der Waals surface area (Å²) < 4.78 is 5.69. The quantitative estimate of drug-likeness (QED) is 0.731. The summed E-state index contributed by atoms with van der Waals surface area (Å²) in [5, 5.41) is 11.8. The largest absolute Gasteiger partial charge is 0.481 e. The van der Waals surface area contributed by atoms with Crippen molar-refractivity contribution in [2.24, 2.45) is 0 Å². The maximum atomic E-state index is 11.7. The van der Waals surface area contributed by atoms with Gasteiger partial charge in [-0.2, -0.15) is 0 Å². The summed E-state index contributed by atoms with van der Waals surface area (Å²) >= 11 is 5.97. The summed E-state index contributed by atoms with van der Waals surface area (Å²) in [6.07, 6.45) is -0.295. The van der Waals surface area contributed by atoms with Crippen LogP contribution < -0.4 is 5.32 Å². The summed E-state index contributed by atoms with van der Waals surface area (Å²) in [4.78, 5) is 26.6. The second-order valence-corrected chi connectivity index (χ2v) is 5.59. The van der Waals surface area contributed by atoms with Crippen molar-refractivity contribution >= 4 is 40.3 Å². The Morgan fingerprint density at radius 1 is 1.17 bits per heavy atom. The third-order valence-corrected chi connectivity index (χ3v) is 3.54. The van der Waals surface area contributed by atoms with Crippen LogP contribution >= 0.6 is 11.6 Å². The van der Waals surface area contributed by atoms with Crippen molar-refractivity contribution in [1.29, 1.82) is 0 Å². The highest BCUT2D eigenvalue weighted by Crippen LogP contribution is 2.27. The number of rotatable bonds is 5. The first-order chi connectivity index (χ1) is 11.5. The molecule has 0 radical (unpaired) electrons. The number of oxazole rings is 1. The third kappa shape index (κ3) is 3.72. The fraction of sp³-hybridized carbons (Fsp3) is 0.118. The second-order valence-electron chi connectivity index (χ2n) is 5.15. The lowest BCUT2D eigenvalue weighted by atomic mass is 10.2. The molecule has 0 atom stereocenters. The molecule has 0 aliphatic carbocycles. The molecule has 3 rings (SSSR count). The Balaban J connectivity index is 1.81. The molecule has 0 unspecified atom stereocenters. The van der Waals surface area contributed by atoms with Gasteiger partial charge < -0.3 is 14.8 Å². The van der Waals surface area contributed by atoms with Crippen LogP contribution in [0.2, 0.25) is 5.02 Å². The molecule has 1 amide bonds. The number of nitrogens with one attached hydrogen (secondary N) is 1. The predicted molar refractivity (Wildman–Crippen MR) is 90.0 cm³/mol. The Morgan fingerprint density at radius 3 is 2.75 bits per heavy atom. The zero-order valence-corrected chi connectivity index (χ0v) is 13.2. The van der Waals surface area contributed by atoms with E-state index in [9.17, 15) is 9.59 Å². The second kappa shape index (κ2) is 6.72. The summed E-state index contributed by atoms with van der Waals surface area (Å²) in [6, 6.07) is 12.2. The van der Waals surface area contributed by atoms with E-state index in [4.69, 9.17) is 21.1 Å². The molecule has 3 aromatic rings. The highest BCUT2D eigenvalue weighted by atomic mass is 35.5. The fourth-order valence-corrected chi connectivity index (χ4v) is 2.38. The molecule has 24 heavy (non-hydrogen) atoms. The lowest BCUT2D eigenvalue weighted by Gasteiger charge is -2.03. The van der Waals surface area contributed by atoms with Gasteiger partial charge in [0.15, 0.2) is 5.58 Å². The zero-order valence-electron chi connectivity index (χ0n) is 12.5. The molecule has 122 valence electrons. The van der Waals surface area contributed by atoms with E-state index >= 15 is 0 Å². The number of fused-ring (bicyclic) bond motifs is 1. The molecular weight excluding hydrogens is 332 g/mol. The van der Waals surface area contributed by atoms with E-state index in [0.29, 0.717) is 27.7 Å². The number of carbonyl (C=O) groups excluding carboxylic acids is 1. The minimum absolute atomic E-state index is 0.0834. The van der Waals surface area contributed by atoms with Crippen molar-refractivity contribution in [1.82, 2.24) is 4.98 Å². The van der Waals surface area contributed by atoms with Crippen LogP contribution in [-0.2, 0) is 9.59 Å². The number of halogens is 1. The molecule has 6 nitrogen and oxygen atoms in total. The van der Waals surface area contributed by atoms with Gasteiger partial charge in [0.05, 0.1) is 6.42 Å². The Hall–Kier alpha value is -2.86. The van der Waals surface area contributed by atoms with Crippen LogP contribution in [0, 0.1) is 0 Å². The van der Waals surface area contributed by atoms with Gasteiger partial charge in [-0.15, -0.1) is 0 Å². The van der Waals surface area contributed by atoms with Crippen molar-refractivity contribution in [3.8, 4) is 11.5 Å². The van der Waals surface area contributed by atoms with Crippen LogP contribution in [0.1, 0.15) is 12.8 Å². The molecule has 1 aromatic heterocycles. The first-order valence-electron chi connectivity index (χ1n) is 7.19. The third-order valence-electron chi connectivity index (χ3n) is 3.31. The number of hydrogen-bond acceptors (Lipinski definition) is 4. The van der Waals surface area contributed by atoms with Crippen molar-refractivity contribution in [3.63, 3.8) is 0 Å². The highest BCUT2D eigenvalue weighted by Gasteiger charge is 2.11. The smallest absolute Gasteiger partial charge is 0.303 e. The Labute approximate surface area is 142 Å². The van der Waals surface area contributed by atoms with Gasteiger partial charge in [0.2, 0.25) is 11.8 Å². The number of carboxylic acid groups (broad SMARTS) is 1. The molecular formula is C17H13ClN2O4. The van der Waals surface area contributed by atoms with Gasteiger partial charge in [0.1, 0.15) is 5.52 Å². The summed E-state index contributed by atoms with van der Waals surface area (Å²) in [5.74, 6) is -0.944. The Morgan fingerprint density at radius 2 is 2.00 bits per heavy atom. The standard InChI is InChI=1S/C17H13ClN2O4/c18-11-3-1-2-10(8-11)17-20-13-9-12(4-5-14(13)24-17)19-15(21)6-7-16(22)23/h1-5,8-9H,6-7H2,(H,19,21)(H,22,23). The number of hydrogen-bond donors (Lipinski definition) is 2. The number of amides is 1. The lowest BCUT2D eigenvalue weighted by molar-refractivity contribution is -0.138. The zero-order chi connectivity index (χ0) is 17.1. The molecule has 1 heterocycles. The summed E-state index contributed by atoms with van der Waals surface area (Å²) in [6.45, 7) is 0. The van der Waals surface area contributed by atoms with Gasteiger partial charge in [0, 0.05) is 22.7 Å². The molecule has 0 saturated heterocycles. The maximum Gasteiger partial charge on any atom is 0.303 e. The van der Waals surface area contributed by atoms with Crippen LogP contribution in [0.5, 0.6) is 0 Å². The van der Waals surface area contributed by atoms with E-state index in [1.807, 2.05) is 6.07 Å².